The van der Waals surface area contributed by atoms with Crippen LogP contribution in [0.2, 0.25) is 0 Å². The van der Waals surface area contributed by atoms with Crippen LogP contribution >= 0.6 is 0 Å². The van der Waals surface area contributed by atoms with Crippen molar-refractivity contribution in [1.29, 1.82) is 0 Å². The second-order valence-electron chi connectivity index (χ2n) is 5.66. The van der Waals surface area contributed by atoms with E-state index < -0.39 is 0 Å². The maximum Gasteiger partial charge on any atom is 0.241 e. The zero-order valence-electron chi connectivity index (χ0n) is 11.8. The third-order valence-electron chi connectivity index (χ3n) is 4.40. The van der Waals surface area contributed by atoms with Gasteiger partial charge in [-0.05, 0) is 37.3 Å². The van der Waals surface area contributed by atoms with Crippen LogP contribution in [0.3, 0.4) is 0 Å². The van der Waals surface area contributed by atoms with Gasteiger partial charge in [0.05, 0.1) is 13.2 Å². The Labute approximate surface area is 119 Å². The number of amides is 1. The quantitative estimate of drug-likeness (QED) is 0.885. The largest absolute Gasteiger partial charge is 0.480 e. The van der Waals surface area contributed by atoms with E-state index in [2.05, 4.69) is 15.6 Å². The van der Waals surface area contributed by atoms with Gasteiger partial charge < -0.3 is 15.4 Å². The van der Waals surface area contributed by atoms with E-state index in [0.717, 1.165) is 6.42 Å². The first kappa shape index (κ1) is 13.4. The monoisotopic (exact) mass is 275 g/mol. The normalized spacial score (nSPS) is 28.8. The van der Waals surface area contributed by atoms with Crippen LogP contribution in [0.15, 0.2) is 18.3 Å². The molecule has 0 radical (unpaired) electrons. The maximum absolute atomic E-state index is 12.4. The lowest BCUT2D eigenvalue weighted by Gasteiger charge is -2.24. The van der Waals surface area contributed by atoms with Crippen molar-refractivity contribution < 1.29 is 9.53 Å². The van der Waals surface area contributed by atoms with Gasteiger partial charge in [0.2, 0.25) is 11.8 Å². The second kappa shape index (κ2) is 5.79. The smallest absolute Gasteiger partial charge is 0.241 e. The highest BCUT2D eigenvalue weighted by Gasteiger charge is 2.38. The summed E-state index contributed by atoms with van der Waals surface area (Å²) in [6.07, 6.45) is 7.62. The van der Waals surface area contributed by atoms with Crippen molar-refractivity contribution in [2.24, 2.45) is 5.92 Å². The predicted octanol–water partition coefficient (Wildman–Crippen LogP) is 1.95. The third-order valence-corrected chi connectivity index (χ3v) is 4.40. The van der Waals surface area contributed by atoms with Crippen molar-refractivity contribution in [2.75, 3.05) is 12.4 Å². The van der Waals surface area contributed by atoms with E-state index in [1.165, 1.54) is 25.7 Å². The first-order chi connectivity index (χ1) is 9.78. The molecule has 5 heteroatoms. The Balaban J connectivity index is 1.65. The van der Waals surface area contributed by atoms with Gasteiger partial charge in [-0.1, -0.05) is 12.8 Å². The number of aromatic nitrogens is 1. The van der Waals surface area contributed by atoms with Gasteiger partial charge in [0, 0.05) is 12.2 Å². The van der Waals surface area contributed by atoms with Gasteiger partial charge in [-0.3, -0.25) is 4.79 Å². The molecule has 1 saturated carbocycles. The van der Waals surface area contributed by atoms with E-state index in [4.69, 9.17) is 4.74 Å². The average Bonchev–Trinajstić information content (AvgIpc) is 2.92. The molecule has 1 aliphatic carbocycles. The second-order valence-corrected chi connectivity index (χ2v) is 5.66. The van der Waals surface area contributed by atoms with Crippen molar-refractivity contribution in [2.45, 2.75) is 44.2 Å². The van der Waals surface area contributed by atoms with Crippen LogP contribution < -0.4 is 15.4 Å². The molecule has 0 bridgehead atoms. The first-order valence-corrected chi connectivity index (χ1v) is 7.34. The van der Waals surface area contributed by atoms with E-state index in [1.807, 2.05) is 6.07 Å². The summed E-state index contributed by atoms with van der Waals surface area (Å²) in [4.78, 5) is 16.5. The van der Waals surface area contributed by atoms with Crippen LogP contribution in [0.5, 0.6) is 5.88 Å². The first-order valence-electron chi connectivity index (χ1n) is 7.34. The number of nitrogens with one attached hydrogen (secondary N) is 2. The van der Waals surface area contributed by atoms with E-state index in [1.54, 1.807) is 19.4 Å². The fraction of sp³-hybridized carbons (Fsp3) is 0.600. The molecule has 1 aromatic rings. The topological polar surface area (TPSA) is 63.2 Å². The number of carbonyl (C=O) groups is 1. The fourth-order valence-corrected chi connectivity index (χ4v) is 3.39. The number of ether oxygens (including phenoxy) is 1. The summed E-state index contributed by atoms with van der Waals surface area (Å²) >= 11 is 0. The highest BCUT2D eigenvalue weighted by atomic mass is 16.5. The number of methoxy groups -OCH3 is 1. The number of hydrogen-bond donors (Lipinski definition) is 2. The molecule has 1 amide bonds. The summed E-state index contributed by atoms with van der Waals surface area (Å²) in [6, 6.07) is 4.04. The molecular weight excluding hydrogens is 254 g/mol. The minimum atomic E-state index is -0.0898. The Morgan fingerprint density at radius 1 is 1.45 bits per heavy atom. The number of rotatable bonds is 3. The summed E-state index contributed by atoms with van der Waals surface area (Å²) in [5, 5.41) is 6.40. The third kappa shape index (κ3) is 2.63. The molecule has 1 saturated heterocycles. The highest BCUT2D eigenvalue weighted by molar-refractivity contribution is 5.96. The Hall–Kier alpha value is -1.62. The van der Waals surface area contributed by atoms with Crippen molar-refractivity contribution in [3.63, 3.8) is 0 Å². The van der Waals surface area contributed by atoms with Crippen molar-refractivity contribution in [1.82, 2.24) is 10.3 Å². The predicted molar refractivity (Wildman–Crippen MR) is 76.7 cm³/mol. The zero-order chi connectivity index (χ0) is 13.9. The zero-order valence-corrected chi connectivity index (χ0v) is 11.8. The standard InChI is InChI=1S/C15H21N3O2/c1-20-15-12(7-4-8-16-15)18-14(19)13-9-10-5-2-3-6-11(10)17-13/h4,7-8,10-11,13,17H,2-3,5-6,9H2,1H3,(H,18,19). The summed E-state index contributed by atoms with van der Waals surface area (Å²) < 4.78 is 5.16. The molecule has 1 aromatic heterocycles. The molecular formula is C15H21N3O2. The SMILES string of the molecule is COc1ncccc1NC(=O)C1CC2CCCCC2N1. The summed E-state index contributed by atoms with van der Waals surface area (Å²) in [7, 11) is 1.56. The van der Waals surface area contributed by atoms with Gasteiger partial charge in [-0.25, -0.2) is 4.98 Å². The van der Waals surface area contributed by atoms with Gasteiger partial charge in [0.1, 0.15) is 5.69 Å². The van der Waals surface area contributed by atoms with Crippen LogP contribution in [0.25, 0.3) is 0 Å². The summed E-state index contributed by atoms with van der Waals surface area (Å²) in [6.45, 7) is 0. The van der Waals surface area contributed by atoms with Crippen LogP contribution in [-0.4, -0.2) is 30.1 Å². The minimum absolute atomic E-state index is 0.0192. The molecule has 108 valence electrons. The van der Waals surface area contributed by atoms with Gasteiger partial charge >= 0.3 is 0 Å². The van der Waals surface area contributed by atoms with Gasteiger partial charge in [-0.15, -0.1) is 0 Å². The molecule has 1 aliphatic heterocycles. The van der Waals surface area contributed by atoms with Crippen molar-refractivity contribution in [3.05, 3.63) is 18.3 Å². The average molecular weight is 275 g/mol. The van der Waals surface area contributed by atoms with Crippen LogP contribution in [0, 0.1) is 5.92 Å². The van der Waals surface area contributed by atoms with Crippen molar-refractivity contribution >= 4 is 11.6 Å². The molecule has 5 nitrogen and oxygen atoms in total. The highest BCUT2D eigenvalue weighted by Crippen LogP contribution is 2.33. The lowest BCUT2D eigenvalue weighted by molar-refractivity contribution is -0.117. The summed E-state index contributed by atoms with van der Waals surface area (Å²) in [5.41, 5.74) is 0.636. The number of nitrogens with zero attached hydrogens (tertiary/aromatic N) is 1. The number of fused-ring (bicyclic) bond motifs is 1. The Kier molecular flexibility index (Phi) is 3.87. The van der Waals surface area contributed by atoms with Crippen LogP contribution in [0.1, 0.15) is 32.1 Å². The molecule has 3 atom stereocenters. The summed E-state index contributed by atoms with van der Waals surface area (Å²) in [5.74, 6) is 1.14. The number of hydrogen-bond acceptors (Lipinski definition) is 4. The van der Waals surface area contributed by atoms with E-state index in [9.17, 15) is 4.79 Å². The maximum atomic E-state index is 12.4. The lowest BCUT2D eigenvalue weighted by Crippen LogP contribution is -2.39. The molecule has 2 fully saturated rings. The fourth-order valence-electron chi connectivity index (χ4n) is 3.39. The Bertz CT molecular complexity index is 478. The molecule has 20 heavy (non-hydrogen) atoms. The van der Waals surface area contributed by atoms with Gasteiger partial charge in [0.15, 0.2) is 0 Å². The van der Waals surface area contributed by atoms with E-state index in [-0.39, 0.29) is 11.9 Å². The van der Waals surface area contributed by atoms with Gasteiger partial charge in [-0.2, -0.15) is 0 Å². The van der Waals surface area contributed by atoms with E-state index >= 15 is 0 Å². The molecule has 0 spiro atoms. The van der Waals surface area contributed by atoms with Crippen molar-refractivity contribution in [3.8, 4) is 5.88 Å². The van der Waals surface area contributed by atoms with Crippen LogP contribution in [-0.2, 0) is 4.79 Å². The number of anilines is 1. The Morgan fingerprint density at radius 3 is 3.10 bits per heavy atom. The minimum Gasteiger partial charge on any atom is -0.480 e. The Morgan fingerprint density at radius 2 is 2.30 bits per heavy atom. The molecule has 0 aromatic carbocycles. The molecule has 2 heterocycles. The van der Waals surface area contributed by atoms with Gasteiger partial charge in [0.25, 0.3) is 0 Å². The lowest BCUT2D eigenvalue weighted by atomic mass is 9.85. The van der Waals surface area contributed by atoms with E-state index in [0.29, 0.717) is 23.5 Å². The molecule has 2 N–H and O–H groups in total. The number of carbonyl (C=O) groups excluding carboxylic acids is 1. The molecule has 2 aliphatic rings. The molecule has 3 rings (SSSR count). The number of pyridine rings is 1. The molecule has 3 unspecified atom stereocenters. The van der Waals surface area contributed by atoms with Crippen LogP contribution in [0.4, 0.5) is 5.69 Å².